The molecule has 0 aliphatic heterocycles. The molecule has 7 heteroatoms. The van der Waals surface area contributed by atoms with E-state index in [1.807, 2.05) is 12.1 Å². The number of aromatic nitrogens is 3. The van der Waals surface area contributed by atoms with E-state index in [4.69, 9.17) is 5.11 Å². The molecule has 22 heavy (non-hydrogen) atoms. The third kappa shape index (κ3) is 4.41. The molecule has 1 aromatic heterocycles. The lowest BCUT2D eigenvalue weighted by Gasteiger charge is -2.04. The fourth-order valence-electron chi connectivity index (χ4n) is 2.02. The second kappa shape index (κ2) is 7.35. The second-order valence-corrected chi connectivity index (χ2v) is 4.93. The van der Waals surface area contributed by atoms with Crippen LogP contribution in [0.15, 0.2) is 30.5 Å². The molecule has 1 aromatic carbocycles. The monoisotopic (exact) mass is 302 g/mol. The summed E-state index contributed by atoms with van der Waals surface area (Å²) in [6.07, 6.45) is 3.56. The SMILES string of the molecule is CCCc1ccc(C(=O)NCc2cn(CC(=O)O)nn2)cc1. The fraction of sp³-hybridized carbons (Fsp3) is 0.333. The van der Waals surface area contributed by atoms with E-state index in [1.54, 1.807) is 12.1 Å². The Labute approximate surface area is 128 Å². The van der Waals surface area contributed by atoms with E-state index in [0.717, 1.165) is 12.8 Å². The van der Waals surface area contributed by atoms with Crippen LogP contribution in [-0.2, 0) is 24.3 Å². The van der Waals surface area contributed by atoms with Gasteiger partial charge in [-0.1, -0.05) is 30.7 Å². The summed E-state index contributed by atoms with van der Waals surface area (Å²) in [7, 11) is 0. The molecule has 7 nitrogen and oxygen atoms in total. The van der Waals surface area contributed by atoms with Gasteiger partial charge in [-0.05, 0) is 24.1 Å². The van der Waals surface area contributed by atoms with Crippen LogP contribution < -0.4 is 5.32 Å². The first kappa shape index (κ1) is 15.7. The molecule has 0 bridgehead atoms. The Morgan fingerprint density at radius 3 is 2.64 bits per heavy atom. The van der Waals surface area contributed by atoms with Crippen molar-refractivity contribution in [3.8, 4) is 0 Å². The lowest BCUT2D eigenvalue weighted by molar-refractivity contribution is -0.137. The number of aryl methyl sites for hydroxylation is 1. The minimum atomic E-state index is -0.993. The van der Waals surface area contributed by atoms with E-state index in [1.165, 1.54) is 16.4 Å². The first-order valence-corrected chi connectivity index (χ1v) is 7.06. The van der Waals surface area contributed by atoms with Crippen molar-refractivity contribution in [2.24, 2.45) is 0 Å². The van der Waals surface area contributed by atoms with Gasteiger partial charge in [-0.2, -0.15) is 0 Å². The predicted molar refractivity (Wildman–Crippen MR) is 79.3 cm³/mol. The molecular formula is C15H18N4O3. The van der Waals surface area contributed by atoms with Crippen molar-refractivity contribution in [2.45, 2.75) is 32.9 Å². The number of hydrogen-bond acceptors (Lipinski definition) is 4. The molecule has 0 unspecified atom stereocenters. The number of benzene rings is 1. The number of nitrogens with zero attached hydrogens (tertiary/aromatic N) is 3. The number of rotatable bonds is 7. The topological polar surface area (TPSA) is 97.1 Å². The average molecular weight is 302 g/mol. The molecule has 2 rings (SSSR count). The van der Waals surface area contributed by atoms with Gasteiger partial charge in [0.2, 0.25) is 0 Å². The summed E-state index contributed by atoms with van der Waals surface area (Å²) in [5, 5.41) is 18.9. The van der Waals surface area contributed by atoms with Crippen molar-refractivity contribution < 1.29 is 14.7 Å². The molecular weight excluding hydrogens is 284 g/mol. The molecule has 0 saturated heterocycles. The standard InChI is InChI=1S/C15H18N4O3/c1-2-3-11-4-6-12(7-5-11)15(22)16-8-13-9-19(18-17-13)10-14(20)21/h4-7,9H,2-3,8,10H2,1H3,(H,16,22)(H,20,21). The zero-order chi connectivity index (χ0) is 15.9. The number of amides is 1. The first-order chi connectivity index (χ1) is 10.6. The summed E-state index contributed by atoms with van der Waals surface area (Å²) in [6, 6.07) is 7.48. The van der Waals surface area contributed by atoms with E-state index in [9.17, 15) is 9.59 Å². The van der Waals surface area contributed by atoms with Gasteiger partial charge in [0.15, 0.2) is 0 Å². The highest BCUT2D eigenvalue weighted by atomic mass is 16.4. The largest absolute Gasteiger partial charge is 0.480 e. The van der Waals surface area contributed by atoms with Gasteiger partial charge in [0.1, 0.15) is 12.2 Å². The molecule has 0 saturated carbocycles. The van der Waals surface area contributed by atoms with Crippen LogP contribution in [0, 0.1) is 0 Å². The third-order valence-corrected chi connectivity index (χ3v) is 3.07. The molecule has 2 aromatic rings. The molecule has 0 atom stereocenters. The summed E-state index contributed by atoms with van der Waals surface area (Å²) in [5.74, 6) is -1.19. The van der Waals surface area contributed by atoms with Gasteiger partial charge in [-0.15, -0.1) is 5.10 Å². The van der Waals surface area contributed by atoms with Gasteiger partial charge in [-0.25, -0.2) is 4.68 Å². The van der Waals surface area contributed by atoms with Gasteiger partial charge in [-0.3, -0.25) is 9.59 Å². The molecule has 1 heterocycles. The van der Waals surface area contributed by atoms with Crippen LogP contribution in [0.5, 0.6) is 0 Å². The molecule has 0 radical (unpaired) electrons. The van der Waals surface area contributed by atoms with E-state index in [0.29, 0.717) is 11.3 Å². The summed E-state index contributed by atoms with van der Waals surface area (Å²) in [6.45, 7) is 2.06. The lowest BCUT2D eigenvalue weighted by atomic mass is 10.1. The average Bonchev–Trinajstić information content (AvgIpc) is 2.92. The summed E-state index contributed by atoms with van der Waals surface area (Å²) in [4.78, 5) is 22.6. The number of nitrogens with one attached hydrogen (secondary N) is 1. The predicted octanol–water partition coefficient (Wildman–Crippen LogP) is 1.25. The van der Waals surface area contributed by atoms with Crippen LogP contribution in [-0.4, -0.2) is 32.0 Å². The van der Waals surface area contributed by atoms with Crippen LogP contribution in [0.4, 0.5) is 0 Å². The summed E-state index contributed by atoms with van der Waals surface area (Å²) in [5.41, 5.74) is 2.30. The molecule has 1 amide bonds. The van der Waals surface area contributed by atoms with E-state index in [-0.39, 0.29) is 19.0 Å². The molecule has 0 aliphatic carbocycles. The number of carboxylic acid groups (broad SMARTS) is 1. The van der Waals surface area contributed by atoms with Crippen LogP contribution in [0.2, 0.25) is 0 Å². The van der Waals surface area contributed by atoms with Crippen molar-refractivity contribution in [3.63, 3.8) is 0 Å². The molecule has 0 fully saturated rings. The number of aliphatic carboxylic acids is 1. The third-order valence-electron chi connectivity index (χ3n) is 3.07. The summed E-state index contributed by atoms with van der Waals surface area (Å²) < 4.78 is 1.21. The summed E-state index contributed by atoms with van der Waals surface area (Å²) >= 11 is 0. The highest BCUT2D eigenvalue weighted by molar-refractivity contribution is 5.94. The maximum Gasteiger partial charge on any atom is 0.325 e. The Bertz CT molecular complexity index is 649. The quantitative estimate of drug-likeness (QED) is 0.802. The van der Waals surface area contributed by atoms with Crippen molar-refractivity contribution in [1.29, 1.82) is 0 Å². The smallest absolute Gasteiger partial charge is 0.325 e. The Morgan fingerprint density at radius 2 is 2.00 bits per heavy atom. The molecule has 0 aliphatic rings. The first-order valence-electron chi connectivity index (χ1n) is 7.06. The van der Waals surface area contributed by atoms with Gasteiger partial charge in [0.25, 0.3) is 5.91 Å². The van der Waals surface area contributed by atoms with Crippen LogP contribution in [0.1, 0.15) is 35.0 Å². The van der Waals surface area contributed by atoms with Gasteiger partial charge >= 0.3 is 5.97 Å². The minimum Gasteiger partial charge on any atom is -0.480 e. The molecule has 0 spiro atoms. The van der Waals surface area contributed by atoms with Crippen molar-refractivity contribution in [3.05, 3.63) is 47.3 Å². The number of carboxylic acids is 1. The number of carbonyl (C=O) groups excluding carboxylic acids is 1. The number of hydrogen-bond donors (Lipinski definition) is 2. The Morgan fingerprint density at radius 1 is 1.27 bits per heavy atom. The Balaban J connectivity index is 1.89. The number of carbonyl (C=O) groups is 2. The van der Waals surface area contributed by atoms with E-state index < -0.39 is 5.97 Å². The van der Waals surface area contributed by atoms with Crippen LogP contribution >= 0.6 is 0 Å². The Kier molecular flexibility index (Phi) is 5.24. The van der Waals surface area contributed by atoms with Crippen LogP contribution in [0.3, 0.4) is 0 Å². The Hall–Kier alpha value is -2.70. The van der Waals surface area contributed by atoms with Gasteiger partial charge in [0.05, 0.1) is 12.7 Å². The minimum absolute atomic E-state index is 0.198. The zero-order valence-electron chi connectivity index (χ0n) is 12.3. The van der Waals surface area contributed by atoms with Crippen molar-refractivity contribution in [2.75, 3.05) is 0 Å². The maximum atomic E-state index is 12.0. The lowest BCUT2D eigenvalue weighted by Crippen LogP contribution is -2.23. The normalized spacial score (nSPS) is 10.4. The zero-order valence-corrected chi connectivity index (χ0v) is 12.3. The van der Waals surface area contributed by atoms with Gasteiger partial charge in [0, 0.05) is 5.56 Å². The molecule has 116 valence electrons. The highest BCUT2D eigenvalue weighted by Gasteiger charge is 2.08. The van der Waals surface area contributed by atoms with Crippen LogP contribution in [0.25, 0.3) is 0 Å². The molecule has 2 N–H and O–H groups in total. The highest BCUT2D eigenvalue weighted by Crippen LogP contribution is 2.07. The van der Waals surface area contributed by atoms with E-state index in [2.05, 4.69) is 22.6 Å². The van der Waals surface area contributed by atoms with Gasteiger partial charge < -0.3 is 10.4 Å². The van der Waals surface area contributed by atoms with Crippen molar-refractivity contribution >= 4 is 11.9 Å². The second-order valence-electron chi connectivity index (χ2n) is 4.93. The van der Waals surface area contributed by atoms with Crippen molar-refractivity contribution in [1.82, 2.24) is 20.3 Å². The maximum absolute atomic E-state index is 12.0. The fourth-order valence-corrected chi connectivity index (χ4v) is 2.02. The van der Waals surface area contributed by atoms with E-state index >= 15 is 0 Å².